The Morgan fingerprint density at radius 1 is 1.18 bits per heavy atom. The third-order valence-corrected chi connectivity index (χ3v) is 7.68. The molecule has 3 saturated heterocycles. The molecule has 0 radical (unpaired) electrons. The van der Waals surface area contributed by atoms with Gasteiger partial charge in [0.25, 0.3) is 10.2 Å². The highest BCUT2D eigenvalue weighted by atomic mass is 32.2. The second-order valence-corrected chi connectivity index (χ2v) is 9.48. The maximum atomic E-state index is 13.1. The van der Waals surface area contributed by atoms with Gasteiger partial charge in [0.2, 0.25) is 5.91 Å². The number of piperidine rings is 2. The highest BCUT2D eigenvalue weighted by Gasteiger charge is 2.44. The summed E-state index contributed by atoms with van der Waals surface area (Å²) in [6, 6.07) is 0. The van der Waals surface area contributed by atoms with Crippen LogP contribution in [0.4, 0.5) is 0 Å². The Morgan fingerprint density at radius 2 is 1.89 bits per heavy atom. The van der Waals surface area contributed by atoms with Crippen LogP contribution in [0.5, 0.6) is 0 Å². The van der Waals surface area contributed by atoms with Crippen LogP contribution in [-0.4, -0.2) is 87.9 Å². The maximum Gasteiger partial charge on any atom is 0.282 e. The van der Waals surface area contributed by atoms with Gasteiger partial charge >= 0.3 is 0 Å². The zero-order valence-corrected chi connectivity index (χ0v) is 17.5. The first-order valence-corrected chi connectivity index (χ1v) is 11.8. The van der Waals surface area contributed by atoms with Crippen LogP contribution in [0, 0.1) is 5.92 Å². The lowest BCUT2D eigenvalue weighted by molar-refractivity contribution is -0.179. The normalized spacial score (nSPS) is 26.5. The number of carbonyl (C=O) groups is 1. The van der Waals surface area contributed by atoms with Gasteiger partial charge in [-0.1, -0.05) is 0 Å². The van der Waals surface area contributed by atoms with Gasteiger partial charge in [-0.2, -0.15) is 17.0 Å². The number of carbonyl (C=O) groups excluding carboxylic acids is 1. The minimum Gasteiger partial charge on any atom is -0.382 e. The molecule has 3 aliphatic rings. The first kappa shape index (κ1) is 21.9. The molecule has 0 aromatic heterocycles. The molecular weight excluding hydrogens is 386 g/mol. The van der Waals surface area contributed by atoms with Gasteiger partial charge < -0.3 is 19.5 Å². The molecule has 9 nitrogen and oxygen atoms in total. The van der Waals surface area contributed by atoms with E-state index in [0.717, 1.165) is 6.42 Å². The zero-order chi connectivity index (χ0) is 20.0. The van der Waals surface area contributed by atoms with Crippen LogP contribution >= 0.6 is 0 Å². The Balaban J connectivity index is 1.49. The van der Waals surface area contributed by atoms with E-state index in [1.54, 1.807) is 0 Å². The summed E-state index contributed by atoms with van der Waals surface area (Å²) in [6.45, 7) is 6.38. The number of hydrogen-bond donors (Lipinski definition) is 1. The number of nitrogens with one attached hydrogen (secondary N) is 1. The third kappa shape index (κ3) is 5.22. The highest BCUT2D eigenvalue weighted by Crippen LogP contribution is 2.33. The largest absolute Gasteiger partial charge is 0.382 e. The molecule has 3 heterocycles. The summed E-state index contributed by atoms with van der Waals surface area (Å²) in [6.07, 6.45) is 3.26. The molecule has 0 aliphatic carbocycles. The van der Waals surface area contributed by atoms with Gasteiger partial charge in [-0.05, 0) is 26.2 Å². The van der Waals surface area contributed by atoms with Crippen molar-refractivity contribution in [2.24, 2.45) is 5.92 Å². The second kappa shape index (κ2) is 9.82. The van der Waals surface area contributed by atoms with Gasteiger partial charge in [0.05, 0.1) is 19.1 Å². The van der Waals surface area contributed by atoms with Crippen LogP contribution in [0.2, 0.25) is 0 Å². The van der Waals surface area contributed by atoms with Crippen LogP contribution < -0.4 is 5.32 Å². The van der Waals surface area contributed by atoms with Crippen LogP contribution in [0.15, 0.2) is 0 Å². The maximum absolute atomic E-state index is 13.1. The molecule has 3 fully saturated rings. The van der Waals surface area contributed by atoms with Crippen molar-refractivity contribution in [2.45, 2.75) is 44.8 Å². The van der Waals surface area contributed by atoms with Crippen molar-refractivity contribution in [1.29, 1.82) is 0 Å². The van der Waals surface area contributed by atoms with Crippen molar-refractivity contribution < 1.29 is 27.4 Å². The molecular formula is C18H33N3O6S. The third-order valence-electron chi connectivity index (χ3n) is 5.67. The summed E-state index contributed by atoms with van der Waals surface area (Å²) < 4.78 is 45.7. The Kier molecular flexibility index (Phi) is 7.68. The van der Waals surface area contributed by atoms with Gasteiger partial charge in [0.15, 0.2) is 5.79 Å². The van der Waals surface area contributed by atoms with Gasteiger partial charge in [-0.3, -0.25) is 4.79 Å². The van der Waals surface area contributed by atoms with E-state index in [0.29, 0.717) is 78.3 Å². The molecule has 10 heteroatoms. The van der Waals surface area contributed by atoms with Crippen molar-refractivity contribution in [3.63, 3.8) is 0 Å². The number of nitrogens with zero attached hydrogens (tertiary/aromatic N) is 2. The monoisotopic (exact) mass is 419 g/mol. The van der Waals surface area contributed by atoms with E-state index >= 15 is 0 Å². The quantitative estimate of drug-likeness (QED) is 0.570. The van der Waals surface area contributed by atoms with Crippen molar-refractivity contribution in [2.75, 3.05) is 59.2 Å². The molecule has 1 N–H and O–H groups in total. The average molecular weight is 420 g/mol. The number of amides is 1. The Bertz CT molecular complexity index is 613. The Hall–Kier alpha value is -0.780. The van der Waals surface area contributed by atoms with Gasteiger partial charge in [-0.25, -0.2) is 0 Å². The lowest BCUT2D eigenvalue weighted by atomic mass is 9.99. The molecule has 0 saturated carbocycles. The minimum absolute atomic E-state index is 0.0678. The van der Waals surface area contributed by atoms with Crippen LogP contribution in [-0.2, 0) is 29.2 Å². The van der Waals surface area contributed by atoms with E-state index in [1.165, 1.54) is 8.61 Å². The van der Waals surface area contributed by atoms with Gasteiger partial charge in [-0.15, -0.1) is 0 Å². The molecule has 1 amide bonds. The molecule has 3 aliphatic heterocycles. The number of ether oxygens (including phenoxy) is 3. The Morgan fingerprint density at radius 3 is 2.57 bits per heavy atom. The summed E-state index contributed by atoms with van der Waals surface area (Å²) in [5, 5.41) is 2.91. The highest BCUT2D eigenvalue weighted by molar-refractivity contribution is 7.86. The van der Waals surface area contributed by atoms with E-state index in [2.05, 4.69) is 5.32 Å². The van der Waals surface area contributed by atoms with Crippen molar-refractivity contribution in [3.05, 3.63) is 0 Å². The van der Waals surface area contributed by atoms with Crippen LogP contribution in [0.25, 0.3) is 0 Å². The summed E-state index contributed by atoms with van der Waals surface area (Å²) in [5.74, 6) is -0.965. The van der Waals surface area contributed by atoms with Crippen LogP contribution in [0.3, 0.4) is 0 Å². The lowest BCUT2D eigenvalue weighted by Gasteiger charge is -2.40. The standard InChI is InChI=1S/C18H33N3O6S/c1-2-25-12-4-8-19-17(22)16-5-3-9-21(15-16)28(23,24)20-10-6-18(7-11-20)26-13-14-27-18/h16H,2-15H2,1H3,(H,19,22)/t16-/m0/s1. The number of rotatable bonds is 8. The fourth-order valence-corrected chi connectivity index (χ4v) is 5.75. The van der Waals surface area contributed by atoms with Crippen molar-refractivity contribution in [1.82, 2.24) is 13.9 Å². The molecule has 162 valence electrons. The van der Waals surface area contributed by atoms with E-state index < -0.39 is 16.0 Å². The smallest absolute Gasteiger partial charge is 0.282 e. The lowest BCUT2D eigenvalue weighted by Crippen LogP contribution is -2.54. The fourth-order valence-electron chi connectivity index (χ4n) is 4.05. The summed E-state index contributed by atoms with van der Waals surface area (Å²) >= 11 is 0. The summed E-state index contributed by atoms with van der Waals surface area (Å²) in [5.41, 5.74) is 0. The van der Waals surface area contributed by atoms with E-state index in [1.807, 2.05) is 6.92 Å². The Labute approximate surface area is 167 Å². The average Bonchev–Trinajstić information content (AvgIpc) is 3.16. The zero-order valence-electron chi connectivity index (χ0n) is 16.7. The number of hydrogen-bond acceptors (Lipinski definition) is 6. The molecule has 0 bridgehead atoms. The van der Waals surface area contributed by atoms with E-state index in [4.69, 9.17) is 14.2 Å². The predicted molar refractivity (Wildman–Crippen MR) is 103 cm³/mol. The predicted octanol–water partition coefficient (Wildman–Crippen LogP) is 0.325. The summed E-state index contributed by atoms with van der Waals surface area (Å²) in [7, 11) is -3.57. The van der Waals surface area contributed by atoms with Gasteiger partial charge in [0, 0.05) is 58.8 Å². The first-order valence-electron chi connectivity index (χ1n) is 10.4. The molecule has 0 aromatic rings. The molecule has 28 heavy (non-hydrogen) atoms. The second-order valence-electron chi connectivity index (χ2n) is 7.55. The van der Waals surface area contributed by atoms with E-state index in [9.17, 15) is 13.2 Å². The van der Waals surface area contributed by atoms with E-state index in [-0.39, 0.29) is 18.4 Å². The first-order chi connectivity index (χ1) is 13.5. The molecule has 0 unspecified atom stereocenters. The molecule has 0 aromatic carbocycles. The fraction of sp³-hybridized carbons (Fsp3) is 0.944. The van der Waals surface area contributed by atoms with Crippen molar-refractivity contribution >= 4 is 16.1 Å². The minimum atomic E-state index is -3.57. The van der Waals surface area contributed by atoms with Gasteiger partial charge in [0.1, 0.15) is 0 Å². The SMILES string of the molecule is CCOCCCNC(=O)[C@H]1CCCN(S(=O)(=O)N2CCC3(CC2)OCCO3)C1. The van der Waals surface area contributed by atoms with Crippen molar-refractivity contribution in [3.8, 4) is 0 Å². The summed E-state index contributed by atoms with van der Waals surface area (Å²) in [4.78, 5) is 12.4. The molecule has 1 atom stereocenters. The topological polar surface area (TPSA) is 97.4 Å². The molecule has 1 spiro atoms. The molecule has 3 rings (SSSR count). The van der Waals surface area contributed by atoms with Crippen LogP contribution in [0.1, 0.15) is 39.0 Å².